The third-order valence-corrected chi connectivity index (χ3v) is 5.11. The molecule has 0 spiro atoms. The summed E-state index contributed by atoms with van der Waals surface area (Å²) >= 11 is 3.41. The Balaban J connectivity index is 1.75. The second kappa shape index (κ2) is 9.05. The van der Waals surface area contributed by atoms with Crippen molar-refractivity contribution in [3.8, 4) is 11.5 Å². The molecule has 1 aliphatic rings. The van der Waals surface area contributed by atoms with Gasteiger partial charge in [-0.2, -0.15) is 0 Å². The highest BCUT2D eigenvalue weighted by atomic mass is 79.9. The van der Waals surface area contributed by atoms with Crippen LogP contribution in [0.15, 0.2) is 34.9 Å². The molecular weight excluding hydrogens is 414 g/mol. The number of benzene rings is 1. The van der Waals surface area contributed by atoms with E-state index in [9.17, 15) is 4.79 Å². The highest BCUT2D eigenvalue weighted by Crippen LogP contribution is 2.35. The van der Waals surface area contributed by atoms with Gasteiger partial charge in [0.25, 0.3) is 5.91 Å². The summed E-state index contributed by atoms with van der Waals surface area (Å²) in [6.45, 7) is 3.32. The molecule has 1 saturated heterocycles. The molecular formula is C19H22BrN3O4. The second-order valence-corrected chi connectivity index (χ2v) is 6.76. The predicted molar refractivity (Wildman–Crippen MR) is 106 cm³/mol. The van der Waals surface area contributed by atoms with Gasteiger partial charge in [0.2, 0.25) is 0 Å². The number of nitrogens with one attached hydrogen (secondary N) is 1. The van der Waals surface area contributed by atoms with Crippen molar-refractivity contribution in [2.45, 2.75) is 6.54 Å². The fourth-order valence-electron chi connectivity index (χ4n) is 2.91. The van der Waals surface area contributed by atoms with Crippen LogP contribution < -0.4 is 19.7 Å². The SMILES string of the molecule is COc1cc(C(=O)NCc2cccnc2N2CCOCC2)cc(OC)c1Br. The Bertz CT molecular complexity index is 784. The van der Waals surface area contributed by atoms with Crippen molar-refractivity contribution in [2.24, 2.45) is 0 Å². The number of amides is 1. The summed E-state index contributed by atoms with van der Waals surface area (Å²) in [5.74, 6) is 1.74. The molecule has 1 amide bonds. The zero-order valence-corrected chi connectivity index (χ0v) is 16.9. The minimum absolute atomic E-state index is 0.212. The molecule has 3 rings (SSSR count). The lowest BCUT2D eigenvalue weighted by molar-refractivity contribution is 0.0950. The molecule has 2 aromatic rings. The molecule has 1 aromatic carbocycles. The molecule has 8 heteroatoms. The molecule has 7 nitrogen and oxygen atoms in total. The van der Waals surface area contributed by atoms with Crippen LogP contribution in [0.5, 0.6) is 11.5 Å². The van der Waals surface area contributed by atoms with Crippen LogP contribution in [0.3, 0.4) is 0 Å². The largest absolute Gasteiger partial charge is 0.495 e. The molecule has 0 saturated carbocycles. The van der Waals surface area contributed by atoms with E-state index in [0.29, 0.717) is 41.3 Å². The van der Waals surface area contributed by atoms with Crippen molar-refractivity contribution in [3.05, 3.63) is 46.1 Å². The summed E-state index contributed by atoms with van der Waals surface area (Å²) in [6, 6.07) is 7.19. The molecule has 1 fully saturated rings. The lowest BCUT2D eigenvalue weighted by Crippen LogP contribution is -2.37. The molecule has 2 heterocycles. The lowest BCUT2D eigenvalue weighted by atomic mass is 10.1. The van der Waals surface area contributed by atoms with Gasteiger partial charge in [0.05, 0.1) is 27.4 Å². The summed E-state index contributed by atoms with van der Waals surface area (Å²) in [6.07, 6.45) is 1.76. The van der Waals surface area contributed by atoms with Crippen molar-refractivity contribution in [2.75, 3.05) is 45.4 Å². The number of carbonyl (C=O) groups excluding carboxylic acids is 1. The number of nitrogens with zero attached hydrogens (tertiary/aromatic N) is 2. The maximum absolute atomic E-state index is 12.7. The van der Waals surface area contributed by atoms with E-state index in [4.69, 9.17) is 14.2 Å². The van der Waals surface area contributed by atoms with Gasteiger partial charge in [-0.15, -0.1) is 0 Å². The third-order valence-electron chi connectivity index (χ3n) is 4.33. The summed E-state index contributed by atoms with van der Waals surface area (Å²) in [5, 5.41) is 2.95. The maximum Gasteiger partial charge on any atom is 0.251 e. The first-order valence-corrected chi connectivity index (χ1v) is 9.39. The van der Waals surface area contributed by atoms with Gasteiger partial charge in [0, 0.05) is 37.0 Å². The van der Waals surface area contributed by atoms with E-state index in [-0.39, 0.29) is 5.91 Å². The van der Waals surface area contributed by atoms with Gasteiger partial charge < -0.3 is 24.4 Å². The number of halogens is 1. The summed E-state index contributed by atoms with van der Waals surface area (Å²) in [7, 11) is 3.09. The van der Waals surface area contributed by atoms with Crippen LogP contribution in [-0.4, -0.2) is 51.4 Å². The van der Waals surface area contributed by atoms with Gasteiger partial charge in [-0.3, -0.25) is 4.79 Å². The molecule has 0 radical (unpaired) electrons. The number of anilines is 1. The first-order valence-electron chi connectivity index (χ1n) is 8.60. The smallest absolute Gasteiger partial charge is 0.251 e. The van der Waals surface area contributed by atoms with Crippen LogP contribution in [0.2, 0.25) is 0 Å². The summed E-state index contributed by atoms with van der Waals surface area (Å²) in [5.41, 5.74) is 1.42. The van der Waals surface area contributed by atoms with Crippen molar-refractivity contribution in [1.82, 2.24) is 10.3 Å². The van der Waals surface area contributed by atoms with E-state index >= 15 is 0 Å². The zero-order chi connectivity index (χ0) is 19.2. The van der Waals surface area contributed by atoms with E-state index in [2.05, 4.69) is 31.1 Å². The fourth-order valence-corrected chi connectivity index (χ4v) is 3.46. The number of ether oxygens (including phenoxy) is 3. The van der Waals surface area contributed by atoms with E-state index < -0.39 is 0 Å². The summed E-state index contributed by atoms with van der Waals surface area (Å²) < 4.78 is 16.7. The van der Waals surface area contributed by atoms with Gasteiger partial charge in [-0.1, -0.05) is 6.07 Å². The standard InChI is InChI=1S/C19H22BrN3O4/c1-25-15-10-14(11-16(26-2)17(15)20)19(24)22-12-13-4-3-5-21-18(13)23-6-8-27-9-7-23/h3-5,10-11H,6-9,12H2,1-2H3,(H,22,24). The number of hydrogen-bond donors (Lipinski definition) is 1. The minimum Gasteiger partial charge on any atom is -0.495 e. The normalized spacial score (nSPS) is 14.0. The van der Waals surface area contributed by atoms with Crippen molar-refractivity contribution in [1.29, 1.82) is 0 Å². The molecule has 0 aliphatic carbocycles. The van der Waals surface area contributed by atoms with Gasteiger partial charge >= 0.3 is 0 Å². The highest BCUT2D eigenvalue weighted by Gasteiger charge is 2.18. The van der Waals surface area contributed by atoms with E-state index in [0.717, 1.165) is 24.5 Å². The van der Waals surface area contributed by atoms with Crippen LogP contribution in [-0.2, 0) is 11.3 Å². The monoisotopic (exact) mass is 435 g/mol. The number of morpholine rings is 1. The van der Waals surface area contributed by atoms with Gasteiger partial charge in [0.15, 0.2) is 0 Å². The molecule has 0 unspecified atom stereocenters. The van der Waals surface area contributed by atoms with Gasteiger partial charge in [-0.25, -0.2) is 4.98 Å². The van der Waals surface area contributed by atoms with Crippen LogP contribution in [0.4, 0.5) is 5.82 Å². The Labute approximate surface area is 166 Å². The van der Waals surface area contributed by atoms with E-state index in [1.807, 2.05) is 12.1 Å². The first-order chi connectivity index (χ1) is 13.1. The molecule has 1 aromatic heterocycles. The van der Waals surface area contributed by atoms with Crippen LogP contribution in [0, 0.1) is 0 Å². The fraction of sp³-hybridized carbons (Fsp3) is 0.368. The average molecular weight is 436 g/mol. The van der Waals surface area contributed by atoms with Crippen molar-refractivity contribution >= 4 is 27.7 Å². The topological polar surface area (TPSA) is 72.9 Å². The minimum atomic E-state index is -0.212. The number of pyridine rings is 1. The quantitative estimate of drug-likeness (QED) is 0.751. The van der Waals surface area contributed by atoms with Crippen LogP contribution in [0.1, 0.15) is 15.9 Å². The van der Waals surface area contributed by atoms with Crippen LogP contribution >= 0.6 is 15.9 Å². The Morgan fingerprint density at radius 1 is 1.26 bits per heavy atom. The Morgan fingerprint density at radius 2 is 1.93 bits per heavy atom. The number of hydrogen-bond acceptors (Lipinski definition) is 6. The second-order valence-electron chi connectivity index (χ2n) is 5.96. The molecule has 1 aliphatic heterocycles. The van der Waals surface area contributed by atoms with Crippen molar-refractivity contribution < 1.29 is 19.0 Å². The van der Waals surface area contributed by atoms with E-state index in [1.165, 1.54) is 0 Å². The maximum atomic E-state index is 12.7. The highest BCUT2D eigenvalue weighted by molar-refractivity contribution is 9.10. The van der Waals surface area contributed by atoms with Gasteiger partial charge in [-0.05, 0) is 34.1 Å². The molecule has 0 bridgehead atoms. The molecule has 27 heavy (non-hydrogen) atoms. The molecule has 0 atom stereocenters. The Kier molecular flexibility index (Phi) is 6.52. The van der Waals surface area contributed by atoms with Crippen molar-refractivity contribution in [3.63, 3.8) is 0 Å². The van der Waals surface area contributed by atoms with Gasteiger partial charge in [0.1, 0.15) is 21.8 Å². The molecule has 1 N–H and O–H groups in total. The Morgan fingerprint density at radius 3 is 2.56 bits per heavy atom. The average Bonchev–Trinajstić information content (AvgIpc) is 2.73. The molecule has 144 valence electrons. The third kappa shape index (κ3) is 4.51. The number of rotatable bonds is 6. The lowest BCUT2D eigenvalue weighted by Gasteiger charge is -2.29. The first kappa shape index (κ1) is 19.4. The summed E-state index contributed by atoms with van der Waals surface area (Å²) in [4.78, 5) is 19.3. The zero-order valence-electron chi connectivity index (χ0n) is 15.3. The number of methoxy groups -OCH3 is 2. The predicted octanol–water partition coefficient (Wildman–Crippen LogP) is 2.63. The van der Waals surface area contributed by atoms with Crippen LogP contribution in [0.25, 0.3) is 0 Å². The number of aromatic nitrogens is 1. The Hall–Kier alpha value is -2.32. The number of carbonyl (C=O) groups is 1. The van der Waals surface area contributed by atoms with E-state index in [1.54, 1.807) is 32.5 Å².